The Bertz CT molecular complexity index is 849. The molecule has 0 unspecified atom stereocenters. The Kier molecular flexibility index (Phi) is 12.1. The summed E-state index contributed by atoms with van der Waals surface area (Å²) in [4.78, 5) is 0. The number of hydrogen-bond donors (Lipinski definition) is 0. The summed E-state index contributed by atoms with van der Waals surface area (Å²) in [6, 6.07) is 32.9. The van der Waals surface area contributed by atoms with Gasteiger partial charge in [-0.05, 0) is 0 Å². The summed E-state index contributed by atoms with van der Waals surface area (Å²) in [5.74, 6) is 2.15. The van der Waals surface area contributed by atoms with Crippen molar-refractivity contribution < 1.29 is 31.1 Å². The second-order valence-corrected chi connectivity index (χ2v) is 16.9. The van der Waals surface area contributed by atoms with Crippen molar-refractivity contribution in [2.75, 3.05) is 0 Å². The van der Waals surface area contributed by atoms with E-state index in [0.29, 0.717) is 17.2 Å². The molecule has 0 aliphatic rings. The van der Waals surface area contributed by atoms with E-state index in [2.05, 4.69) is 20.8 Å². The molecule has 0 fully saturated rings. The monoisotopic (exact) mass is 542 g/mol. The van der Waals surface area contributed by atoms with Gasteiger partial charge in [0, 0.05) is 0 Å². The zero-order valence-electron chi connectivity index (χ0n) is 22.2. The molecule has 194 valence electrons. The molecule has 0 bridgehead atoms. The van der Waals surface area contributed by atoms with E-state index in [1.54, 1.807) is 0 Å². The second-order valence-electron chi connectivity index (χ2n) is 9.34. The van der Waals surface area contributed by atoms with Crippen LogP contribution in [0.1, 0.15) is 59.3 Å². The second kappa shape index (κ2) is 15.3. The van der Waals surface area contributed by atoms with Gasteiger partial charge < -0.3 is 0 Å². The number of hydrogen-bond acceptors (Lipinski definition) is 4. The van der Waals surface area contributed by atoms with Crippen LogP contribution in [0.5, 0.6) is 17.2 Å². The van der Waals surface area contributed by atoms with Crippen molar-refractivity contribution in [1.29, 1.82) is 0 Å². The average Bonchev–Trinajstić information content (AvgIpc) is 2.91. The van der Waals surface area contributed by atoms with E-state index in [-0.39, 0.29) is 0 Å². The van der Waals surface area contributed by atoms with Crippen LogP contribution in [0.3, 0.4) is 0 Å². The first-order valence-corrected chi connectivity index (χ1v) is 18.6. The van der Waals surface area contributed by atoms with E-state index in [1.165, 1.54) is 0 Å². The van der Waals surface area contributed by atoms with Crippen molar-refractivity contribution in [3.63, 3.8) is 0 Å². The fourth-order valence-corrected chi connectivity index (χ4v) is 15.7. The summed E-state index contributed by atoms with van der Waals surface area (Å²) in [6.07, 6.45) is 6.90. The van der Waals surface area contributed by atoms with Gasteiger partial charge >= 0.3 is 225 Å². The minimum absolute atomic E-state index is 0.716. The molecule has 0 heterocycles. The number of unbranched alkanes of at least 4 members (excludes halogenated alkanes) is 3. The van der Waals surface area contributed by atoms with E-state index < -0.39 is 26.5 Å². The van der Waals surface area contributed by atoms with Crippen molar-refractivity contribution in [3.8, 4) is 17.2 Å². The number of para-hydroxylation sites is 3. The van der Waals surface area contributed by atoms with Gasteiger partial charge in [-0.1, -0.05) is 0 Å². The molecule has 4 nitrogen and oxygen atoms in total. The third-order valence-electron chi connectivity index (χ3n) is 6.26. The third kappa shape index (κ3) is 9.11. The summed E-state index contributed by atoms with van der Waals surface area (Å²) < 4.78 is 27.7. The first-order valence-electron chi connectivity index (χ1n) is 13.5. The molecule has 0 spiro atoms. The van der Waals surface area contributed by atoms with E-state index in [0.717, 1.165) is 56.7 Å². The van der Waals surface area contributed by atoms with E-state index in [9.17, 15) is 0 Å². The fraction of sp³-hybridized carbons (Fsp3) is 0.400. The van der Waals surface area contributed by atoms with Gasteiger partial charge in [0.15, 0.2) is 0 Å². The topological polar surface area (TPSA) is 36.9 Å². The van der Waals surface area contributed by atoms with Gasteiger partial charge in [-0.25, -0.2) is 0 Å². The molecule has 0 N–H and O–H groups in total. The summed E-state index contributed by atoms with van der Waals surface area (Å²) in [6.45, 7) is 6.78. The van der Waals surface area contributed by atoms with E-state index in [4.69, 9.17) is 13.0 Å². The molecule has 0 amide bonds. The van der Waals surface area contributed by atoms with Crippen molar-refractivity contribution in [2.45, 2.75) is 77.4 Å². The van der Waals surface area contributed by atoms with Gasteiger partial charge in [-0.3, -0.25) is 0 Å². The number of benzene rings is 3. The van der Waals surface area contributed by atoms with E-state index >= 15 is 0 Å². The van der Waals surface area contributed by atoms with E-state index in [1.807, 2.05) is 91.0 Å². The van der Waals surface area contributed by atoms with Crippen LogP contribution < -0.4 is 9.96 Å². The Morgan fingerprint density at radius 2 is 0.806 bits per heavy atom. The Morgan fingerprint density at radius 3 is 1.08 bits per heavy atom. The first kappa shape index (κ1) is 28.5. The van der Waals surface area contributed by atoms with Gasteiger partial charge in [-0.2, -0.15) is 0 Å². The zero-order chi connectivity index (χ0) is 25.5. The summed E-state index contributed by atoms with van der Waals surface area (Å²) in [5.41, 5.74) is 0. The molecule has 6 heteroatoms. The Morgan fingerprint density at radius 1 is 0.500 bits per heavy atom. The van der Waals surface area contributed by atoms with Crippen molar-refractivity contribution >= 4 is 8.32 Å². The van der Waals surface area contributed by atoms with Crippen LogP contribution in [-0.4, -0.2) is 8.32 Å². The fourth-order valence-electron chi connectivity index (χ4n) is 4.31. The molecule has 0 atom stereocenters. The summed E-state index contributed by atoms with van der Waals surface area (Å²) >= 11 is -4.44. The van der Waals surface area contributed by atoms with Crippen LogP contribution in [0.25, 0.3) is 0 Å². The molecule has 3 aromatic rings. The van der Waals surface area contributed by atoms with Gasteiger partial charge in [-0.15, -0.1) is 0 Å². The molecule has 36 heavy (non-hydrogen) atoms. The Hall–Kier alpha value is -2.05. The van der Waals surface area contributed by atoms with Crippen LogP contribution in [0.15, 0.2) is 91.0 Å². The molecular formula is C30H42O4SiTi. The first-order chi connectivity index (χ1) is 17.6. The average molecular weight is 543 g/mol. The van der Waals surface area contributed by atoms with Crippen LogP contribution in [0, 0.1) is 0 Å². The standard InChI is InChI=1S/C12H27OSi.3C6H6O.Ti/c1-4-7-10-14(13,11-8-5-2)12-9-6-3;3*7-6-4-2-1-3-5-6;/h4-12H2,1-3H3;3*1-5,7H;/q-1;;;;+4/p-3. The maximum atomic E-state index is 7.40. The van der Waals surface area contributed by atoms with Crippen LogP contribution in [0.4, 0.5) is 0 Å². The molecule has 0 aliphatic carbocycles. The van der Waals surface area contributed by atoms with Crippen LogP contribution >= 0.6 is 0 Å². The quantitative estimate of drug-likeness (QED) is 0.159. The molecule has 0 saturated heterocycles. The molecule has 0 aliphatic heterocycles. The Balaban J connectivity index is 2.10. The minimum atomic E-state index is -4.44. The van der Waals surface area contributed by atoms with Crippen LogP contribution in [-0.2, 0) is 21.1 Å². The van der Waals surface area contributed by atoms with Gasteiger partial charge in [0.2, 0.25) is 0 Å². The SMILES string of the molecule is CCCC[Si](CCCC)(CCCC)[O][Ti]([O]c1ccccc1)([O]c1ccccc1)[O]c1ccccc1. The third-order valence-corrected chi connectivity index (χ3v) is 16.2. The summed E-state index contributed by atoms with van der Waals surface area (Å²) in [7, 11) is -2.25. The normalized spacial score (nSPS) is 11.8. The summed E-state index contributed by atoms with van der Waals surface area (Å²) in [5, 5.41) is 0. The predicted octanol–water partition coefficient (Wildman–Crippen LogP) is 9.40. The molecule has 0 saturated carbocycles. The van der Waals surface area contributed by atoms with Crippen LogP contribution in [0.2, 0.25) is 18.1 Å². The van der Waals surface area contributed by atoms with Crippen molar-refractivity contribution in [2.24, 2.45) is 0 Å². The predicted molar refractivity (Wildman–Crippen MR) is 147 cm³/mol. The van der Waals surface area contributed by atoms with Gasteiger partial charge in [0.1, 0.15) is 0 Å². The van der Waals surface area contributed by atoms with Gasteiger partial charge in [0.25, 0.3) is 0 Å². The zero-order valence-corrected chi connectivity index (χ0v) is 24.7. The van der Waals surface area contributed by atoms with Crippen molar-refractivity contribution in [3.05, 3.63) is 91.0 Å². The van der Waals surface area contributed by atoms with Crippen molar-refractivity contribution in [1.82, 2.24) is 0 Å². The van der Waals surface area contributed by atoms with Gasteiger partial charge in [0.05, 0.1) is 0 Å². The Labute approximate surface area is 224 Å². The molecule has 0 radical (unpaired) electrons. The molecular weight excluding hydrogens is 500 g/mol. The molecule has 0 aromatic heterocycles. The molecule has 3 rings (SSSR count). The number of rotatable bonds is 17. The maximum absolute atomic E-state index is 7.40. The molecule has 3 aromatic carbocycles.